The highest BCUT2D eigenvalue weighted by Crippen LogP contribution is 2.21. The van der Waals surface area contributed by atoms with Gasteiger partial charge in [0.15, 0.2) is 0 Å². The Balaban J connectivity index is 2.73. The summed E-state index contributed by atoms with van der Waals surface area (Å²) >= 11 is 2.14. The number of nitrogens with one attached hydrogen (secondary N) is 4. The van der Waals surface area contributed by atoms with Crippen molar-refractivity contribution in [2.75, 3.05) is 20.3 Å². The number of hydrogen-bond acceptors (Lipinski definition) is 6. The standard InChI is InChI=1S/C19H28FIN4O6/c1-19(2,10-20)15(24-18(30)31-3)16(27)25-22-9-14(26)13(23-17(28)29)8-11-4-6-12(21)7-5-11/h4-7,13-15,22-23,26H,8-10H2,1-3H3,(H,24,30)(H,25,27)(H,28,29)/t13-,14-,15+/m0/s1. The molecule has 1 aromatic carbocycles. The lowest BCUT2D eigenvalue weighted by atomic mass is 9.85. The second-order valence-corrected chi connectivity index (χ2v) is 8.76. The molecule has 0 aliphatic rings. The first-order chi connectivity index (χ1) is 14.5. The molecule has 0 aliphatic heterocycles. The Hall–Kier alpha value is -2.19. The van der Waals surface area contributed by atoms with Gasteiger partial charge in [-0.1, -0.05) is 26.0 Å². The molecule has 0 aliphatic carbocycles. The van der Waals surface area contributed by atoms with E-state index in [9.17, 15) is 23.9 Å². The van der Waals surface area contributed by atoms with Crippen LogP contribution in [0, 0.1) is 8.99 Å². The number of aliphatic hydroxyl groups is 1. The summed E-state index contributed by atoms with van der Waals surface area (Å²) in [4.78, 5) is 35.1. The first-order valence-electron chi connectivity index (χ1n) is 9.35. The molecular weight excluding hydrogens is 526 g/mol. The Morgan fingerprint density at radius 3 is 2.32 bits per heavy atom. The van der Waals surface area contributed by atoms with Crippen LogP contribution in [0.1, 0.15) is 19.4 Å². The fourth-order valence-corrected chi connectivity index (χ4v) is 3.00. The monoisotopic (exact) mass is 554 g/mol. The van der Waals surface area contributed by atoms with Gasteiger partial charge in [-0.2, -0.15) is 0 Å². The summed E-state index contributed by atoms with van der Waals surface area (Å²) in [6.45, 7) is 1.81. The molecule has 0 fully saturated rings. The minimum absolute atomic E-state index is 0.206. The second kappa shape index (κ2) is 12.6. The Kier molecular flexibility index (Phi) is 10.9. The Labute approximate surface area is 193 Å². The predicted molar refractivity (Wildman–Crippen MR) is 119 cm³/mol. The molecule has 3 amide bonds. The highest BCUT2D eigenvalue weighted by molar-refractivity contribution is 14.1. The summed E-state index contributed by atoms with van der Waals surface area (Å²) in [7, 11) is 1.12. The van der Waals surface area contributed by atoms with Crippen molar-refractivity contribution >= 4 is 40.7 Å². The molecule has 0 radical (unpaired) electrons. The van der Waals surface area contributed by atoms with E-state index in [1.54, 1.807) is 0 Å². The van der Waals surface area contributed by atoms with Crippen molar-refractivity contribution in [1.82, 2.24) is 21.5 Å². The minimum Gasteiger partial charge on any atom is -0.465 e. The van der Waals surface area contributed by atoms with Crippen LogP contribution >= 0.6 is 22.6 Å². The number of methoxy groups -OCH3 is 1. The third kappa shape index (κ3) is 9.23. The summed E-state index contributed by atoms with van der Waals surface area (Å²) in [5.74, 6) is -0.749. The van der Waals surface area contributed by atoms with Crippen LogP contribution in [0.5, 0.6) is 0 Å². The molecule has 174 valence electrons. The zero-order valence-corrected chi connectivity index (χ0v) is 19.6. The van der Waals surface area contributed by atoms with Crippen LogP contribution < -0.4 is 21.5 Å². The lowest BCUT2D eigenvalue weighted by Gasteiger charge is -2.31. The number of hydrogen-bond donors (Lipinski definition) is 6. The topological polar surface area (TPSA) is 149 Å². The summed E-state index contributed by atoms with van der Waals surface area (Å²) < 4.78 is 18.8. The zero-order chi connectivity index (χ0) is 23.6. The molecule has 0 aromatic heterocycles. The van der Waals surface area contributed by atoms with Crippen molar-refractivity contribution < 1.29 is 33.7 Å². The third-order valence-corrected chi connectivity index (χ3v) is 5.22. The van der Waals surface area contributed by atoms with Gasteiger partial charge in [0.2, 0.25) is 0 Å². The Morgan fingerprint density at radius 1 is 1.19 bits per heavy atom. The number of alkyl carbamates (subject to hydrolysis) is 1. The van der Waals surface area contributed by atoms with E-state index in [0.29, 0.717) is 0 Å². The number of hydrazine groups is 1. The van der Waals surface area contributed by atoms with Crippen molar-refractivity contribution in [3.05, 3.63) is 33.4 Å². The van der Waals surface area contributed by atoms with Crippen LogP contribution in [-0.2, 0) is 16.0 Å². The molecule has 0 bridgehead atoms. The maximum atomic E-state index is 13.3. The van der Waals surface area contributed by atoms with Crippen molar-refractivity contribution in [3.63, 3.8) is 0 Å². The summed E-state index contributed by atoms with van der Waals surface area (Å²) in [6, 6.07) is 5.26. The molecule has 31 heavy (non-hydrogen) atoms. The fourth-order valence-electron chi connectivity index (χ4n) is 2.64. The zero-order valence-electron chi connectivity index (χ0n) is 17.4. The van der Waals surface area contributed by atoms with E-state index in [4.69, 9.17) is 5.11 Å². The number of carbonyl (C=O) groups is 3. The number of aliphatic hydroxyl groups excluding tert-OH is 1. The summed E-state index contributed by atoms with van der Waals surface area (Å²) in [5, 5.41) is 24.0. The number of amides is 3. The van der Waals surface area contributed by atoms with Gasteiger partial charge < -0.3 is 25.6 Å². The number of rotatable bonds is 11. The largest absolute Gasteiger partial charge is 0.465 e. The normalized spacial score (nSPS) is 14.1. The molecule has 10 nitrogen and oxygen atoms in total. The first kappa shape index (κ1) is 26.8. The smallest absolute Gasteiger partial charge is 0.407 e. The van der Waals surface area contributed by atoms with Gasteiger partial charge in [0, 0.05) is 15.5 Å². The molecule has 6 N–H and O–H groups in total. The second-order valence-electron chi connectivity index (χ2n) is 7.52. The number of alkyl halides is 1. The van der Waals surface area contributed by atoms with E-state index in [1.165, 1.54) is 13.8 Å². The van der Waals surface area contributed by atoms with E-state index >= 15 is 0 Å². The Morgan fingerprint density at radius 2 is 1.81 bits per heavy atom. The average Bonchev–Trinajstić information content (AvgIpc) is 2.72. The maximum Gasteiger partial charge on any atom is 0.407 e. The quantitative estimate of drug-likeness (QED) is 0.178. The van der Waals surface area contributed by atoms with Gasteiger partial charge >= 0.3 is 12.2 Å². The molecule has 0 saturated carbocycles. The van der Waals surface area contributed by atoms with Crippen LogP contribution in [-0.4, -0.2) is 66.8 Å². The van der Waals surface area contributed by atoms with Gasteiger partial charge in [-0.25, -0.2) is 15.0 Å². The first-order valence-corrected chi connectivity index (χ1v) is 10.4. The molecular formula is C19H28FIN4O6. The number of carboxylic acid groups (broad SMARTS) is 1. The average molecular weight is 554 g/mol. The minimum atomic E-state index is -1.30. The van der Waals surface area contributed by atoms with Crippen molar-refractivity contribution in [2.24, 2.45) is 5.41 Å². The van der Waals surface area contributed by atoms with Crippen molar-refractivity contribution in [1.29, 1.82) is 0 Å². The molecule has 0 spiro atoms. The van der Waals surface area contributed by atoms with Gasteiger partial charge in [-0.15, -0.1) is 0 Å². The molecule has 12 heteroatoms. The molecule has 1 rings (SSSR count). The lowest BCUT2D eigenvalue weighted by Crippen LogP contribution is -2.59. The van der Waals surface area contributed by atoms with Gasteiger partial charge in [0.1, 0.15) is 6.04 Å². The molecule has 0 saturated heterocycles. The number of benzene rings is 1. The summed E-state index contributed by atoms with van der Waals surface area (Å²) in [5.41, 5.74) is 4.39. The van der Waals surface area contributed by atoms with Gasteiger partial charge in [0.25, 0.3) is 5.91 Å². The van der Waals surface area contributed by atoms with Crippen LogP contribution in [0.2, 0.25) is 0 Å². The number of halogens is 2. The molecule has 0 heterocycles. The van der Waals surface area contributed by atoms with E-state index in [0.717, 1.165) is 16.2 Å². The van der Waals surface area contributed by atoms with Gasteiger partial charge in [-0.05, 0) is 46.7 Å². The van der Waals surface area contributed by atoms with Crippen LogP contribution in [0.3, 0.4) is 0 Å². The highest BCUT2D eigenvalue weighted by Gasteiger charge is 2.37. The molecule has 0 unspecified atom stereocenters. The van der Waals surface area contributed by atoms with E-state index in [1.807, 2.05) is 24.3 Å². The molecule has 3 atom stereocenters. The van der Waals surface area contributed by atoms with Crippen molar-refractivity contribution in [3.8, 4) is 0 Å². The van der Waals surface area contributed by atoms with Gasteiger partial charge in [-0.3, -0.25) is 14.6 Å². The number of carbonyl (C=O) groups excluding carboxylic acids is 2. The van der Waals surface area contributed by atoms with Crippen LogP contribution in [0.25, 0.3) is 0 Å². The van der Waals surface area contributed by atoms with E-state index < -0.39 is 48.4 Å². The van der Waals surface area contributed by atoms with Crippen molar-refractivity contribution in [2.45, 2.75) is 38.5 Å². The van der Waals surface area contributed by atoms with E-state index in [-0.39, 0.29) is 13.0 Å². The fraction of sp³-hybridized carbons (Fsp3) is 0.526. The molecule has 1 aromatic rings. The van der Waals surface area contributed by atoms with E-state index in [2.05, 4.69) is 48.8 Å². The number of ether oxygens (including phenoxy) is 1. The van der Waals surface area contributed by atoms with Crippen LogP contribution in [0.4, 0.5) is 14.0 Å². The lowest BCUT2D eigenvalue weighted by molar-refractivity contribution is -0.127. The third-order valence-electron chi connectivity index (χ3n) is 4.50. The van der Waals surface area contributed by atoms with Gasteiger partial charge in [0.05, 0.1) is 25.9 Å². The Bertz CT molecular complexity index is 749. The van der Waals surface area contributed by atoms with Crippen LogP contribution in [0.15, 0.2) is 24.3 Å². The predicted octanol–water partition coefficient (Wildman–Crippen LogP) is 1.17. The SMILES string of the molecule is COC(=O)N[C@H](C(=O)NNC[C@H](O)[C@H](Cc1ccc(I)cc1)NC(=O)O)C(C)(C)CF. The highest BCUT2D eigenvalue weighted by atomic mass is 127. The summed E-state index contributed by atoms with van der Waals surface area (Å²) in [6.07, 6.45) is -3.17. The maximum absolute atomic E-state index is 13.3.